The van der Waals surface area contributed by atoms with E-state index >= 15 is 0 Å². The van der Waals surface area contributed by atoms with Crippen molar-refractivity contribution < 1.29 is 14.3 Å². The molecule has 1 aliphatic rings. The lowest BCUT2D eigenvalue weighted by Gasteiger charge is -2.19. The van der Waals surface area contributed by atoms with Crippen LogP contribution in [0.15, 0.2) is 4.99 Å². The van der Waals surface area contributed by atoms with Crippen molar-refractivity contribution in [2.75, 3.05) is 39.3 Å². The molecule has 0 saturated carbocycles. The highest BCUT2D eigenvalue weighted by atomic mass is 127. The van der Waals surface area contributed by atoms with Gasteiger partial charge in [0.25, 0.3) is 0 Å². The number of likely N-dealkylation sites (tertiary alicyclic amines) is 1. The zero-order valence-corrected chi connectivity index (χ0v) is 19.4. The van der Waals surface area contributed by atoms with Gasteiger partial charge in [-0.25, -0.2) is 4.79 Å². The maximum atomic E-state index is 11.6. The standard InChI is InChI=1S/C18H35N5O3.HI/c1-5-19-16(21-12-8-14-23-13-6-9-15(23)24)20-10-7-11-22-17(25)26-18(2,3)4;/h5-14H2,1-4H3,(H,22,25)(H2,19,20,21);1H. The van der Waals surface area contributed by atoms with Crippen molar-refractivity contribution in [3.8, 4) is 0 Å². The number of ether oxygens (including phenoxy) is 1. The number of nitrogens with zero attached hydrogens (tertiary/aromatic N) is 2. The minimum absolute atomic E-state index is 0. The van der Waals surface area contributed by atoms with E-state index in [0.29, 0.717) is 26.1 Å². The van der Waals surface area contributed by atoms with Gasteiger partial charge in [0, 0.05) is 45.7 Å². The zero-order valence-electron chi connectivity index (χ0n) is 17.1. The summed E-state index contributed by atoms with van der Waals surface area (Å²) in [5.41, 5.74) is -0.479. The summed E-state index contributed by atoms with van der Waals surface area (Å²) in [6, 6.07) is 0. The molecule has 1 rings (SSSR count). The number of carbonyl (C=O) groups is 2. The van der Waals surface area contributed by atoms with E-state index in [1.54, 1.807) is 0 Å². The van der Waals surface area contributed by atoms with Crippen molar-refractivity contribution in [1.82, 2.24) is 20.9 Å². The van der Waals surface area contributed by atoms with E-state index in [1.807, 2.05) is 32.6 Å². The number of amides is 2. The molecule has 3 N–H and O–H groups in total. The van der Waals surface area contributed by atoms with Gasteiger partial charge in [0.15, 0.2) is 5.96 Å². The van der Waals surface area contributed by atoms with Crippen LogP contribution in [0.3, 0.4) is 0 Å². The second-order valence-electron chi connectivity index (χ2n) is 7.31. The Morgan fingerprint density at radius 3 is 2.48 bits per heavy atom. The summed E-state index contributed by atoms with van der Waals surface area (Å²) >= 11 is 0. The monoisotopic (exact) mass is 497 g/mol. The first kappa shape index (κ1) is 25.7. The predicted molar refractivity (Wildman–Crippen MR) is 119 cm³/mol. The van der Waals surface area contributed by atoms with Crippen molar-refractivity contribution in [1.29, 1.82) is 0 Å². The molecule has 0 unspecified atom stereocenters. The first-order chi connectivity index (χ1) is 12.3. The van der Waals surface area contributed by atoms with E-state index in [4.69, 9.17) is 4.74 Å². The molecule has 0 aromatic heterocycles. The molecule has 27 heavy (non-hydrogen) atoms. The summed E-state index contributed by atoms with van der Waals surface area (Å²) in [7, 11) is 0. The summed E-state index contributed by atoms with van der Waals surface area (Å²) in [4.78, 5) is 29.5. The normalized spacial score (nSPS) is 14.6. The molecular weight excluding hydrogens is 461 g/mol. The molecule has 1 aliphatic heterocycles. The smallest absolute Gasteiger partial charge is 0.407 e. The SMILES string of the molecule is CCNC(=NCCCN1CCCC1=O)NCCCNC(=O)OC(C)(C)C.I. The second kappa shape index (κ2) is 13.8. The number of guanidine groups is 1. The number of halogens is 1. The van der Waals surface area contributed by atoms with Crippen molar-refractivity contribution >= 4 is 41.9 Å². The largest absolute Gasteiger partial charge is 0.444 e. The van der Waals surface area contributed by atoms with Gasteiger partial charge in [0.05, 0.1) is 0 Å². The first-order valence-corrected chi connectivity index (χ1v) is 9.58. The van der Waals surface area contributed by atoms with Crippen molar-refractivity contribution in [3.63, 3.8) is 0 Å². The average Bonchev–Trinajstić information content (AvgIpc) is 2.94. The summed E-state index contributed by atoms with van der Waals surface area (Å²) in [5.74, 6) is 1.02. The Morgan fingerprint density at radius 1 is 1.19 bits per heavy atom. The molecular formula is C18H36IN5O3. The molecule has 0 aliphatic carbocycles. The van der Waals surface area contributed by atoms with E-state index in [2.05, 4.69) is 20.9 Å². The van der Waals surface area contributed by atoms with Crippen LogP contribution < -0.4 is 16.0 Å². The minimum Gasteiger partial charge on any atom is -0.444 e. The molecule has 0 bridgehead atoms. The number of hydrogen-bond acceptors (Lipinski definition) is 4. The van der Waals surface area contributed by atoms with Crippen molar-refractivity contribution in [2.45, 2.75) is 59.0 Å². The number of aliphatic imine (C=N–C) groups is 1. The fourth-order valence-corrected chi connectivity index (χ4v) is 2.53. The minimum atomic E-state index is -0.479. The summed E-state index contributed by atoms with van der Waals surface area (Å²) in [6.45, 7) is 11.9. The van der Waals surface area contributed by atoms with Crippen LogP contribution in [0, 0.1) is 0 Å². The average molecular weight is 497 g/mol. The third-order valence-corrected chi connectivity index (χ3v) is 3.69. The van der Waals surface area contributed by atoms with Gasteiger partial charge in [-0.3, -0.25) is 9.79 Å². The highest BCUT2D eigenvalue weighted by Crippen LogP contribution is 2.09. The van der Waals surface area contributed by atoms with Crippen molar-refractivity contribution in [3.05, 3.63) is 0 Å². The van der Waals surface area contributed by atoms with Crippen LogP contribution in [0.5, 0.6) is 0 Å². The highest BCUT2D eigenvalue weighted by molar-refractivity contribution is 14.0. The molecule has 1 fully saturated rings. The van der Waals surface area contributed by atoms with Crippen LogP contribution in [0.2, 0.25) is 0 Å². The maximum absolute atomic E-state index is 11.6. The summed E-state index contributed by atoms with van der Waals surface area (Å²) in [5, 5.41) is 9.18. The Bertz CT molecular complexity index is 480. The van der Waals surface area contributed by atoms with Gasteiger partial charge in [-0.2, -0.15) is 0 Å². The molecule has 0 atom stereocenters. The third-order valence-electron chi connectivity index (χ3n) is 3.69. The van der Waals surface area contributed by atoms with Gasteiger partial charge in [-0.1, -0.05) is 0 Å². The van der Waals surface area contributed by atoms with Crippen LogP contribution >= 0.6 is 24.0 Å². The van der Waals surface area contributed by atoms with Gasteiger partial charge in [-0.15, -0.1) is 24.0 Å². The topological polar surface area (TPSA) is 95.1 Å². The van der Waals surface area contributed by atoms with Gasteiger partial charge in [0.1, 0.15) is 5.60 Å². The Balaban J connectivity index is 0.00000676. The fraction of sp³-hybridized carbons (Fsp3) is 0.833. The van der Waals surface area contributed by atoms with Gasteiger partial charge in [0.2, 0.25) is 5.91 Å². The van der Waals surface area contributed by atoms with Crippen LogP contribution in [0.25, 0.3) is 0 Å². The number of hydrogen-bond donors (Lipinski definition) is 3. The zero-order chi connectivity index (χ0) is 19.4. The van der Waals surface area contributed by atoms with E-state index in [-0.39, 0.29) is 29.9 Å². The third kappa shape index (κ3) is 12.7. The lowest BCUT2D eigenvalue weighted by atomic mass is 10.2. The van der Waals surface area contributed by atoms with Gasteiger partial charge < -0.3 is 25.6 Å². The Morgan fingerprint density at radius 2 is 1.89 bits per heavy atom. The van der Waals surface area contributed by atoms with Crippen LogP contribution in [-0.4, -0.2) is 67.7 Å². The molecule has 158 valence electrons. The maximum Gasteiger partial charge on any atom is 0.407 e. The summed E-state index contributed by atoms with van der Waals surface area (Å²) < 4.78 is 5.18. The number of carbonyl (C=O) groups excluding carboxylic acids is 2. The molecule has 1 heterocycles. The quantitative estimate of drug-likeness (QED) is 0.196. The molecule has 0 aromatic rings. The van der Waals surface area contributed by atoms with E-state index in [0.717, 1.165) is 44.9 Å². The lowest BCUT2D eigenvalue weighted by Crippen LogP contribution is -2.39. The highest BCUT2D eigenvalue weighted by Gasteiger charge is 2.19. The lowest BCUT2D eigenvalue weighted by molar-refractivity contribution is -0.127. The molecule has 8 nitrogen and oxygen atoms in total. The van der Waals surface area contributed by atoms with E-state index < -0.39 is 11.7 Å². The molecule has 0 aromatic carbocycles. The van der Waals surface area contributed by atoms with E-state index in [1.165, 1.54) is 0 Å². The molecule has 1 saturated heterocycles. The van der Waals surface area contributed by atoms with Crippen LogP contribution in [0.1, 0.15) is 53.4 Å². The Kier molecular flexibility index (Phi) is 13.2. The van der Waals surface area contributed by atoms with Crippen molar-refractivity contribution in [2.24, 2.45) is 4.99 Å². The molecule has 2 amide bonds. The number of rotatable bonds is 9. The molecule has 0 spiro atoms. The van der Waals surface area contributed by atoms with E-state index in [9.17, 15) is 9.59 Å². The Labute approximate surface area is 180 Å². The van der Waals surface area contributed by atoms with Crippen LogP contribution in [0.4, 0.5) is 4.79 Å². The fourth-order valence-electron chi connectivity index (χ4n) is 2.53. The molecule has 9 heteroatoms. The molecule has 0 radical (unpaired) electrons. The van der Waals surface area contributed by atoms with Gasteiger partial charge in [-0.05, 0) is 47.0 Å². The number of nitrogens with one attached hydrogen (secondary N) is 3. The second-order valence-corrected chi connectivity index (χ2v) is 7.31. The van der Waals surface area contributed by atoms with Gasteiger partial charge >= 0.3 is 6.09 Å². The summed E-state index contributed by atoms with van der Waals surface area (Å²) in [6.07, 6.45) is 2.90. The first-order valence-electron chi connectivity index (χ1n) is 9.58. The number of alkyl carbamates (subject to hydrolysis) is 1. The Hall–Kier alpha value is -1.26. The van der Waals surface area contributed by atoms with Crippen LogP contribution in [-0.2, 0) is 9.53 Å². The predicted octanol–water partition coefficient (Wildman–Crippen LogP) is 2.09.